The average molecular weight is 337 g/mol. The minimum Gasteiger partial charge on any atom is -0.382 e. The van der Waals surface area contributed by atoms with E-state index in [1.165, 1.54) is 23.0 Å². The number of imidazole rings is 1. The summed E-state index contributed by atoms with van der Waals surface area (Å²) in [5.74, 6) is 0.432. The standard InChI is InChI=1S/C18H23N7/c1-24(10-14-4-2-3-13-9-20-6-5-15(13)14)7-8-25-12-23-16-17(19)21-11-22-18(16)25/h2-4,11-12,20H,5-10H2,1H3,(H2,19,21,22). The molecule has 1 aliphatic heterocycles. The van der Waals surface area contributed by atoms with E-state index in [2.05, 4.69) is 50.4 Å². The number of nitrogen functional groups attached to an aromatic ring is 1. The lowest BCUT2D eigenvalue weighted by Crippen LogP contribution is -2.27. The van der Waals surface area contributed by atoms with Gasteiger partial charge in [0.25, 0.3) is 0 Å². The van der Waals surface area contributed by atoms with E-state index in [4.69, 9.17) is 5.73 Å². The van der Waals surface area contributed by atoms with Crippen LogP contribution in [-0.4, -0.2) is 44.6 Å². The van der Waals surface area contributed by atoms with Crippen LogP contribution < -0.4 is 11.1 Å². The lowest BCUT2D eigenvalue weighted by molar-refractivity contribution is 0.311. The number of anilines is 1. The largest absolute Gasteiger partial charge is 0.382 e. The summed E-state index contributed by atoms with van der Waals surface area (Å²) < 4.78 is 2.04. The lowest BCUT2D eigenvalue weighted by atomic mass is 9.95. The molecule has 1 aliphatic rings. The smallest absolute Gasteiger partial charge is 0.165 e. The van der Waals surface area contributed by atoms with E-state index in [0.717, 1.165) is 44.8 Å². The molecule has 3 N–H and O–H groups in total. The second kappa shape index (κ2) is 6.78. The van der Waals surface area contributed by atoms with Gasteiger partial charge in [0, 0.05) is 26.2 Å². The summed E-state index contributed by atoms with van der Waals surface area (Å²) in [5.41, 5.74) is 11.7. The number of nitrogens with one attached hydrogen (secondary N) is 1. The maximum absolute atomic E-state index is 5.85. The summed E-state index contributed by atoms with van der Waals surface area (Å²) in [6, 6.07) is 6.64. The van der Waals surface area contributed by atoms with E-state index < -0.39 is 0 Å². The van der Waals surface area contributed by atoms with Gasteiger partial charge in [0.15, 0.2) is 11.5 Å². The van der Waals surface area contributed by atoms with Crippen molar-refractivity contribution in [2.75, 3.05) is 25.9 Å². The van der Waals surface area contributed by atoms with Crippen LogP contribution in [0.25, 0.3) is 11.2 Å². The zero-order chi connectivity index (χ0) is 17.2. The predicted octanol–water partition coefficient (Wildman–Crippen LogP) is 1.19. The summed E-state index contributed by atoms with van der Waals surface area (Å²) in [7, 11) is 2.16. The fourth-order valence-electron chi connectivity index (χ4n) is 3.47. The van der Waals surface area contributed by atoms with Crippen molar-refractivity contribution < 1.29 is 0 Å². The summed E-state index contributed by atoms with van der Waals surface area (Å²) in [6.45, 7) is 4.73. The first kappa shape index (κ1) is 16.0. The van der Waals surface area contributed by atoms with E-state index in [1.54, 1.807) is 6.33 Å². The maximum atomic E-state index is 5.85. The second-order valence-electron chi connectivity index (χ2n) is 6.59. The maximum Gasteiger partial charge on any atom is 0.165 e. The zero-order valence-electron chi connectivity index (χ0n) is 14.4. The number of fused-ring (bicyclic) bond motifs is 2. The van der Waals surface area contributed by atoms with Crippen molar-refractivity contribution in [3.8, 4) is 0 Å². The number of likely N-dealkylation sites (N-methyl/N-ethyl adjacent to an activating group) is 1. The molecular formula is C18H23N7. The van der Waals surface area contributed by atoms with Gasteiger partial charge in [0.1, 0.15) is 11.8 Å². The molecular weight excluding hydrogens is 314 g/mol. The van der Waals surface area contributed by atoms with Crippen molar-refractivity contribution in [1.29, 1.82) is 0 Å². The molecule has 0 aliphatic carbocycles. The number of hydrogen-bond donors (Lipinski definition) is 2. The number of hydrogen-bond acceptors (Lipinski definition) is 6. The molecule has 7 heteroatoms. The highest BCUT2D eigenvalue weighted by atomic mass is 15.2. The van der Waals surface area contributed by atoms with Gasteiger partial charge in [0.2, 0.25) is 0 Å². The van der Waals surface area contributed by atoms with Crippen LogP contribution in [-0.2, 0) is 26.1 Å². The Morgan fingerprint density at radius 1 is 1.28 bits per heavy atom. The topological polar surface area (TPSA) is 84.9 Å². The Morgan fingerprint density at radius 2 is 2.20 bits per heavy atom. The van der Waals surface area contributed by atoms with E-state index in [0.29, 0.717) is 11.3 Å². The van der Waals surface area contributed by atoms with Crippen LogP contribution in [0.4, 0.5) is 5.82 Å². The van der Waals surface area contributed by atoms with Gasteiger partial charge in [-0.15, -0.1) is 0 Å². The van der Waals surface area contributed by atoms with Crippen molar-refractivity contribution >= 4 is 17.0 Å². The third-order valence-electron chi connectivity index (χ3n) is 4.83. The number of rotatable bonds is 5. The van der Waals surface area contributed by atoms with Crippen LogP contribution in [0.3, 0.4) is 0 Å². The van der Waals surface area contributed by atoms with Gasteiger partial charge in [-0.3, -0.25) is 0 Å². The normalized spacial score (nSPS) is 14.2. The van der Waals surface area contributed by atoms with Crippen molar-refractivity contribution in [1.82, 2.24) is 29.7 Å². The Labute approximate surface area is 146 Å². The van der Waals surface area contributed by atoms with Crippen LogP contribution in [0.15, 0.2) is 30.9 Å². The summed E-state index contributed by atoms with van der Waals surface area (Å²) >= 11 is 0. The second-order valence-corrected chi connectivity index (χ2v) is 6.59. The number of aromatic nitrogens is 4. The molecule has 0 saturated carbocycles. The van der Waals surface area contributed by atoms with Gasteiger partial charge in [-0.25, -0.2) is 15.0 Å². The molecule has 0 unspecified atom stereocenters. The molecule has 2 aromatic heterocycles. The Balaban J connectivity index is 1.44. The summed E-state index contributed by atoms with van der Waals surface area (Å²) in [6.07, 6.45) is 4.39. The molecule has 0 amide bonds. The van der Waals surface area contributed by atoms with Gasteiger partial charge >= 0.3 is 0 Å². The van der Waals surface area contributed by atoms with Gasteiger partial charge < -0.3 is 20.5 Å². The molecule has 1 aromatic carbocycles. The zero-order valence-corrected chi connectivity index (χ0v) is 14.4. The minimum atomic E-state index is 0.432. The highest BCUT2D eigenvalue weighted by molar-refractivity contribution is 5.81. The molecule has 0 bridgehead atoms. The summed E-state index contributed by atoms with van der Waals surface area (Å²) in [4.78, 5) is 15.0. The highest BCUT2D eigenvalue weighted by Crippen LogP contribution is 2.20. The lowest BCUT2D eigenvalue weighted by Gasteiger charge is -2.23. The van der Waals surface area contributed by atoms with Gasteiger partial charge in [-0.1, -0.05) is 18.2 Å². The van der Waals surface area contributed by atoms with E-state index in [1.807, 2.05) is 4.57 Å². The van der Waals surface area contributed by atoms with Crippen LogP contribution in [0.1, 0.15) is 16.7 Å². The molecule has 0 spiro atoms. The first-order chi connectivity index (χ1) is 12.2. The number of benzene rings is 1. The SMILES string of the molecule is CN(CCn1cnc2c(N)ncnc21)Cc1cccc2c1CCNC2. The molecule has 7 nitrogen and oxygen atoms in total. The van der Waals surface area contributed by atoms with Gasteiger partial charge in [0.05, 0.1) is 6.33 Å². The fourth-order valence-corrected chi connectivity index (χ4v) is 3.47. The molecule has 25 heavy (non-hydrogen) atoms. The third kappa shape index (κ3) is 3.20. The van der Waals surface area contributed by atoms with Crippen molar-refractivity contribution in [3.63, 3.8) is 0 Å². The Morgan fingerprint density at radius 3 is 3.12 bits per heavy atom. The summed E-state index contributed by atoms with van der Waals surface area (Å²) in [5, 5.41) is 3.44. The highest BCUT2D eigenvalue weighted by Gasteiger charge is 2.14. The van der Waals surface area contributed by atoms with E-state index in [-0.39, 0.29) is 0 Å². The molecule has 4 rings (SSSR count). The molecule has 0 saturated heterocycles. The Kier molecular flexibility index (Phi) is 4.33. The number of nitrogens with zero attached hydrogens (tertiary/aromatic N) is 5. The van der Waals surface area contributed by atoms with Crippen LogP contribution in [0.5, 0.6) is 0 Å². The molecule has 130 valence electrons. The van der Waals surface area contributed by atoms with Crippen molar-refractivity contribution in [3.05, 3.63) is 47.5 Å². The van der Waals surface area contributed by atoms with Crippen LogP contribution in [0.2, 0.25) is 0 Å². The Bertz CT molecular complexity index is 886. The van der Waals surface area contributed by atoms with Crippen LogP contribution >= 0.6 is 0 Å². The number of nitrogens with two attached hydrogens (primary N) is 1. The predicted molar refractivity (Wildman–Crippen MR) is 97.9 cm³/mol. The molecule has 0 atom stereocenters. The quantitative estimate of drug-likeness (QED) is 0.727. The molecule has 3 aromatic rings. The van der Waals surface area contributed by atoms with Crippen LogP contribution in [0, 0.1) is 0 Å². The van der Waals surface area contributed by atoms with E-state index >= 15 is 0 Å². The monoisotopic (exact) mass is 337 g/mol. The molecule has 0 fully saturated rings. The minimum absolute atomic E-state index is 0.432. The van der Waals surface area contributed by atoms with Gasteiger partial charge in [-0.05, 0) is 36.7 Å². The van der Waals surface area contributed by atoms with Crippen molar-refractivity contribution in [2.45, 2.75) is 26.1 Å². The van der Waals surface area contributed by atoms with E-state index in [9.17, 15) is 0 Å². The van der Waals surface area contributed by atoms with Gasteiger partial charge in [-0.2, -0.15) is 0 Å². The fraction of sp³-hybridized carbons (Fsp3) is 0.389. The first-order valence-corrected chi connectivity index (χ1v) is 8.62. The molecule has 0 radical (unpaired) electrons. The molecule has 3 heterocycles. The average Bonchev–Trinajstić information content (AvgIpc) is 3.05. The Hall–Kier alpha value is -2.51. The first-order valence-electron chi connectivity index (χ1n) is 8.62. The third-order valence-corrected chi connectivity index (χ3v) is 4.83. The van der Waals surface area contributed by atoms with Crippen molar-refractivity contribution in [2.24, 2.45) is 0 Å².